The Bertz CT molecular complexity index is 410. The Labute approximate surface area is 87.5 Å². The Balaban J connectivity index is 2.17. The summed E-state index contributed by atoms with van der Waals surface area (Å²) >= 11 is 1.79. The van der Waals surface area contributed by atoms with Crippen molar-refractivity contribution < 1.29 is 4.74 Å². The quantitative estimate of drug-likeness (QED) is 0.614. The molecule has 1 aromatic carbocycles. The molecule has 74 valence electrons. The van der Waals surface area contributed by atoms with Crippen molar-refractivity contribution in [2.75, 3.05) is 13.8 Å². The van der Waals surface area contributed by atoms with E-state index >= 15 is 0 Å². The predicted molar refractivity (Wildman–Crippen MR) is 60.5 cm³/mol. The van der Waals surface area contributed by atoms with Crippen molar-refractivity contribution in [3.05, 3.63) is 35.2 Å². The second-order valence-electron chi connectivity index (χ2n) is 3.12. The zero-order chi connectivity index (χ0) is 9.80. The van der Waals surface area contributed by atoms with Crippen LogP contribution >= 0.6 is 11.3 Å². The Kier molecular flexibility index (Phi) is 3.14. The third-order valence-corrected chi connectivity index (χ3v) is 3.14. The molecule has 0 aliphatic rings. The summed E-state index contributed by atoms with van der Waals surface area (Å²) in [7, 11) is 1.69. The van der Waals surface area contributed by atoms with Gasteiger partial charge < -0.3 is 4.74 Å². The molecular formula is C11H13NOS. The molecule has 2 rings (SSSR count). The van der Waals surface area contributed by atoms with Crippen LogP contribution in [0.15, 0.2) is 29.6 Å². The predicted octanol–water partition coefficient (Wildman–Crippen LogP) is 2.59. The smallest absolute Gasteiger partial charge is 0.0964 e. The first kappa shape index (κ1) is 9.65. The van der Waals surface area contributed by atoms with Crippen LogP contribution in [-0.2, 0) is 11.3 Å². The molecule has 0 spiro atoms. The van der Waals surface area contributed by atoms with Gasteiger partial charge >= 0.3 is 0 Å². The molecule has 1 N–H and O–H groups in total. The van der Waals surface area contributed by atoms with Crippen LogP contribution in [0.5, 0.6) is 0 Å². The molecule has 0 unspecified atom stereocenters. The van der Waals surface area contributed by atoms with Gasteiger partial charge in [0.25, 0.3) is 0 Å². The normalized spacial score (nSPS) is 10.9. The highest BCUT2D eigenvalue weighted by atomic mass is 32.1. The van der Waals surface area contributed by atoms with Gasteiger partial charge in [-0.1, -0.05) is 18.2 Å². The largest absolute Gasteiger partial charge is 0.370 e. The fourth-order valence-electron chi connectivity index (χ4n) is 1.46. The van der Waals surface area contributed by atoms with Crippen molar-refractivity contribution >= 4 is 21.4 Å². The van der Waals surface area contributed by atoms with Crippen LogP contribution in [-0.4, -0.2) is 13.8 Å². The highest BCUT2D eigenvalue weighted by molar-refractivity contribution is 7.17. The molecule has 3 heteroatoms. The van der Waals surface area contributed by atoms with E-state index in [-0.39, 0.29) is 0 Å². The lowest BCUT2D eigenvalue weighted by Gasteiger charge is -2.01. The van der Waals surface area contributed by atoms with Crippen molar-refractivity contribution in [3.8, 4) is 0 Å². The summed E-state index contributed by atoms with van der Waals surface area (Å²) in [5.41, 5.74) is 1.35. The van der Waals surface area contributed by atoms with Gasteiger partial charge in [0, 0.05) is 18.4 Å². The minimum absolute atomic E-state index is 0.601. The number of nitrogens with one attached hydrogen (secondary N) is 1. The number of ether oxygens (including phenoxy) is 1. The summed E-state index contributed by atoms with van der Waals surface area (Å²) in [6, 6.07) is 8.47. The minimum atomic E-state index is 0.601. The lowest BCUT2D eigenvalue weighted by atomic mass is 10.2. The number of methoxy groups -OCH3 is 1. The van der Waals surface area contributed by atoms with Crippen LogP contribution in [0, 0.1) is 0 Å². The Hall–Kier alpha value is -0.900. The van der Waals surface area contributed by atoms with Gasteiger partial charge in [-0.2, -0.15) is 0 Å². The topological polar surface area (TPSA) is 21.3 Å². The first-order valence-corrected chi connectivity index (χ1v) is 5.44. The van der Waals surface area contributed by atoms with Crippen LogP contribution in [0.25, 0.3) is 10.1 Å². The molecule has 0 fully saturated rings. The first-order chi connectivity index (χ1) is 6.92. The van der Waals surface area contributed by atoms with E-state index in [9.17, 15) is 0 Å². The van der Waals surface area contributed by atoms with E-state index in [1.807, 2.05) is 0 Å². The molecule has 2 nitrogen and oxygen atoms in total. The van der Waals surface area contributed by atoms with E-state index in [2.05, 4.69) is 35.0 Å². The maximum atomic E-state index is 4.94. The molecule has 14 heavy (non-hydrogen) atoms. The summed E-state index contributed by atoms with van der Waals surface area (Å²) in [6.45, 7) is 1.47. The summed E-state index contributed by atoms with van der Waals surface area (Å²) < 4.78 is 6.29. The highest BCUT2D eigenvalue weighted by Crippen LogP contribution is 2.25. The Morgan fingerprint density at radius 1 is 1.36 bits per heavy atom. The molecule has 0 saturated carbocycles. The summed E-state index contributed by atoms with van der Waals surface area (Å²) in [5, 5.41) is 6.76. The van der Waals surface area contributed by atoms with Crippen molar-refractivity contribution in [1.82, 2.24) is 5.32 Å². The van der Waals surface area contributed by atoms with Gasteiger partial charge in [0.15, 0.2) is 0 Å². The monoisotopic (exact) mass is 207 g/mol. The van der Waals surface area contributed by atoms with E-state index in [0.717, 1.165) is 6.54 Å². The number of hydrogen-bond donors (Lipinski definition) is 1. The second-order valence-corrected chi connectivity index (χ2v) is 4.03. The summed E-state index contributed by atoms with van der Waals surface area (Å²) in [6.07, 6.45) is 0. The first-order valence-electron chi connectivity index (χ1n) is 4.56. The molecule has 0 saturated heterocycles. The van der Waals surface area contributed by atoms with Gasteiger partial charge in [0.2, 0.25) is 0 Å². The van der Waals surface area contributed by atoms with Gasteiger partial charge in [0.1, 0.15) is 0 Å². The minimum Gasteiger partial charge on any atom is -0.370 e. The molecule has 1 aromatic heterocycles. The van der Waals surface area contributed by atoms with Crippen LogP contribution in [0.4, 0.5) is 0 Å². The van der Waals surface area contributed by atoms with Crippen LogP contribution in [0.3, 0.4) is 0 Å². The van der Waals surface area contributed by atoms with Crippen molar-refractivity contribution in [2.45, 2.75) is 6.54 Å². The zero-order valence-corrected chi connectivity index (χ0v) is 8.93. The van der Waals surface area contributed by atoms with E-state index in [4.69, 9.17) is 4.74 Å². The van der Waals surface area contributed by atoms with Crippen LogP contribution in [0.1, 0.15) is 5.56 Å². The van der Waals surface area contributed by atoms with Crippen molar-refractivity contribution in [3.63, 3.8) is 0 Å². The van der Waals surface area contributed by atoms with Crippen LogP contribution < -0.4 is 5.32 Å². The average Bonchev–Trinajstić information content (AvgIpc) is 2.63. The summed E-state index contributed by atoms with van der Waals surface area (Å²) in [5.74, 6) is 0. The van der Waals surface area contributed by atoms with Gasteiger partial charge in [-0.3, -0.25) is 5.32 Å². The third-order valence-electron chi connectivity index (χ3n) is 2.12. The fraction of sp³-hybridized carbons (Fsp3) is 0.273. The molecule has 0 amide bonds. The number of rotatable bonds is 4. The zero-order valence-electron chi connectivity index (χ0n) is 8.12. The Morgan fingerprint density at radius 3 is 3.07 bits per heavy atom. The van der Waals surface area contributed by atoms with E-state index in [0.29, 0.717) is 6.73 Å². The molecule has 0 atom stereocenters. The Morgan fingerprint density at radius 2 is 2.21 bits per heavy atom. The second kappa shape index (κ2) is 4.55. The standard InChI is InChI=1S/C11H13NOS/c1-13-8-12-6-9-7-14-11-5-3-2-4-10(9)11/h2-5,7,12H,6,8H2,1H3. The van der Waals surface area contributed by atoms with Gasteiger partial charge in [-0.25, -0.2) is 0 Å². The van der Waals surface area contributed by atoms with Crippen molar-refractivity contribution in [1.29, 1.82) is 0 Å². The number of benzene rings is 1. The average molecular weight is 207 g/mol. The molecule has 2 aromatic rings. The van der Waals surface area contributed by atoms with E-state index < -0.39 is 0 Å². The third kappa shape index (κ3) is 1.95. The maximum absolute atomic E-state index is 4.94. The molecular weight excluding hydrogens is 194 g/mol. The molecule has 0 aliphatic heterocycles. The van der Waals surface area contributed by atoms with Gasteiger partial charge in [-0.05, 0) is 22.4 Å². The number of hydrogen-bond acceptors (Lipinski definition) is 3. The number of thiophene rings is 1. The van der Waals surface area contributed by atoms with E-state index in [1.54, 1.807) is 18.4 Å². The van der Waals surface area contributed by atoms with Crippen molar-refractivity contribution in [2.24, 2.45) is 0 Å². The summed E-state index contributed by atoms with van der Waals surface area (Å²) in [4.78, 5) is 0. The van der Waals surface area contributed by atoms with E-state index in [1.165, 1.54) is 15.6 Å². The number of fused-ring (bicyclic) bond motifs is 1. The maximum Gasteiger partial charge on any atom is 0.0964 e. The molecule has 1 heterocycles. The lowest BCUT2D eigenvalue weighted by molar-refractivity contribution is 0.174. The van der Waals surface area contributed by atoms with Gasteiger partial charge in [-0.15, -0.1) is 11.3 Å². The van der Waals surface area contributed by atoms with Gasteiger partial charge in [0.05, 0.1) is 6.73 Å². The molecule has 0 aliphatic carbocycles. The fourth-order valence-corrected chi connectivity index (χ4v) is 2.42. The SMILES string of the molecule is COCNCc1csc2ccccc12. The molecule has 0 radical (unpaired) electrons. The highest BCUT2D eigenvalue weighted by Gasteiger charge is 2.01. The van der Waals surface area contributed by atoms with Crippen LogP contribution in [0.2, 0.25) is 0 Å². The lowest BCUT2D eigenvalue weighted by Crippen LogP contribution is -2.15. The molecule has 0 bridgehead atoms.